The normalized spacial score (nSPS) is 27.0. The van der Waals surface area contributed by atoms with Gasteiger partial charge in [0.05, 0.1) is 4.90 Å². The van der Waals surface area contributed by atoms with Crippen LogP contribution in [0.1, 0.15) is 61.7 Å². The Morgan fingerprint density at radius 3 is 2.52 bits per heavy atom. The maximum atomic E-state index is 12.8. The van der Waals surface area contributed by atoms with E-state index in [-0.39, 0.29) is 16.4 Å². The Kier molecular flexibility index (Phi) is 5.92. The minimum atomic E-state index is -3.60. The van der Waals surface area contributed by atoms with E-state index < -0.39 is 15.9 Å². The number of fused-ring (bicyclic) bond motifs is 2. The van der Waals surface area contributed by atoms with Crippen molar-refractivity contribution in [1.29, 1.82) is 0 Å². The molecule has 2 bridgehead atoms. The van der Waals surface area contributed by atoms with Gasteiger partial charge in [-0.25, -0.2) is 8.42 Å². The molecule has 3 atom stereocenters. The molecule has 29 heavy (non-hydrogen) atoms. The Balaban J connectivity index is 1.34. The van der Waals surface area contributed by atoms with Crippen LogP contribution in [0.5, 0.6) is 0 Å². The Bertz CT molecular complexity index is 880. The highest BCUT2D eigenvalue weighted by Crippen LogP contribution is 2.49. The number of rotatable bonds is 5. The van der Waals surface area contributed by atoms with Gasteiger partial charge in [-0.3, -0.25) is 20.4 Å². The summed E-state index contributed by atoms with van der Waals surface area (Å²) in [4.78, 5) is 24.8. The van der Waals surface area contributed by atoms with Crippen molar-refractivity contribution in [2.45, 2.75) is 56.3 Å². The maximum Gasteiger partial charge on any atom is 0.269 e. The molecule has 4 rings (SSSR count). The Hall–Kier alpha value is -1.93. The standard InChI is InChI=1S/C21H29N3O4S/c25-20(14-18-12-15-7-8-16(18)11-15)22-23-21(26)17-5-4-6-19(13-17)29(27,28)24-9-2-1-3-10-24/h4-6,13,15-16,18H,1-3,7-12,14H2,(H,22,25)(H,23,26)/t15-,16-,18+/m1/s1. The number of carbonyl (C=O) groups is 2. The minimum absolute atomic E-state index is 0.111. The third kappa shape index (κ3) is 4.48. The first-order chi connectivity index (χ1) is 13.9. The summed E-state index contributed by atoms with van der Waals surface area (Å²) < 4.78 is 27.1. The van der Waals surface area contributed by atoms with Gasteiger partial charge >= 0.3 is 0 Å². The van der Waals surface area contributed by atoms with Crippen molar-refractivity contribution in [2.75, 3.05) is 13.1 Å². The number of hydrogen-bond acceptors (Lipinski definition) is 4. The molecule has 8 heteroatoms. The third-order valence-corrected chi connectivity index (χ3v) is 8.59. The highest BCUT2D eigenvalue weighted by atomic mass is 32.2. The van der Waals surface area contributed by atoms with Crippen molar-refractivity contribution in [2.24, 2.45) is 17.8 Å². The molecule has 2 saturated carbocycles. The van der Waals surface area contributed by atoms with Crippen LogP contribution in [0.2, 0.25) is 0 Å². The van der Waals surface area contributed by atoms with E-state index in [0.717, 1.165) is 31.6 Å². The largest absolute Gasteiger partial charge is 0.273 e. The van der Waals surface area contributed by atoms with Gasteiger partial charge in [-0.1, -0.05) is 18.9 Å². The van der Waals surface area contributed by atoms with Crippen molar-refractivity contribution in [3.05, 3.63) is 29.8 Å². The average molecular weight is 420 g/mol. The second kappa shape index (κ2) is 8.44. The Labute approximate surface area is 172 Å². The third-order valence-electron chi connectivity index (χ3n) is 6.70. The zero-order chi connectivity index (χ0) is 20.4. The molecule has 0 aromatic heterocycles. The first kappa shape index (κ1) is 20.3. The van der Waals surface area contributed by atoms with E-state index in [0.29, 0.717) is 31.3 Å². The molecule has 1 saturated heterocycles. The summed E-state index contributed by atoms with van der Waals surface area (Å²) in [6.07, 6.45) is 8.04. The molecule has 3 aliphatic rings. The first-order valence-electron chi connectivity index (χ1n) is 10.6. The molecular weight excluding hydrogens is 390 g/mol. The highest BCUT2D eigenvalue weighted by molar-refractivity contribution is 7.89. The summed E-state index contributed by atoms with van der Waals surface area (Å²) in [5, 5.41) is 0. The molecule has 1 aliphatic heterocycles. The van der Waals surface area contributed by atoms with E-state index in [2.05, 4.69) is 10.9 Å². The molecule has 1 heterocycles. The van der Waals surface area contributed by atoms with Crippen molar-refractivity contribution in [3.8, 4) is 0 Å². The van der Waals surface area contributed by atoms with E-state index in [1.807, 2.05) is 0 Å². The predicted molar refractivity (Wildman–Crippen MR) is 108 cm³/mol. The second-order valence-corrected chi connectivity index (χ2v) is 10.6. The zero-order valence-corrected chi connectivity index (χ0v) is 17.4. The summed E-state index contributed by atoms with van der Waals surface area (Å²) >= 11 is 0. The first-order valence-corrected chi connectivity index (χ1v) is 12.1. The molecular formula is C21H29N3O4S. The summed E-state index contributed by atoms with van der Waals surface area (Å²) in [7, 11) is -3.60. The lowest BCUT2D eigenvalue weighted by molar-refractivity contribution is -0.123. The van der Waals surface area contributed by atoms with Crippen LogP contribution in [0.15, 0.2) is 29.2 Å². The number of amides is 2. The molecule has 0 radical (unpaired) electrons. The summed E-state index contributed by atoms with van der Waals surface area (Å²) in [6, 6.07) is 5.99. The SMILES string of the molecule is O=C(C[C@@H]1C[C@@H]2CC[C@@H]1C2)NNC(=O)c1cccc(S(=O)(=O)N2CCCCC2)c1. The van der Waals surface area contributed by atoms with Crippen LogP contribution in [0, 0.1) is 17.8 Å². The summed E-state index contributed by atoms with van der Waals surface area (Å²) in [5.41, 5.74) is 5.13. The fraction of sp³-hybridized carbons (Fsp3) is 0.619. The van der Waals surface area contributed by atoms with E-state index in [1.165, 1.54) is 35.7 Å². The number of piperidine rings is 1. The van der Waals surface area contributed by atoms with Gasteiger partial charge in [0.25, 0.3) is 5.91 Å². The van der Waals surface area contributed by atoms with Gasteiger partial charge in [0.1, 0.15) is 0 Å². The lowest BCUT2D eigenvalue weighted by atomic mass is 9.86. The molecule has 2 aliphatic carbocycles. The zero-order valence-electron chi connectivity index (χ0n) is 16.6. The average Bonchev–Trinajstić information content (AvgIpc) is 3.36. The number of benzene rings is 1. The predicted octanol–water partition coefficient (Wildman–Crippen LogP) is 2.45. The van der Waals surface area contributed by atoms with Crippen LogP contribution in [0.3, 0.4) is 0 Å². The Morgan fingerprint density at radius 1 is 1.03 bits per heavy atom. The van der Waals surface area contributed by atoms with Crippen molar-refractivity contribution >= 4 is 21.8 Å². The number of hydrogen-bond donors (Lipinski definition) is 2. The van der Waals surface area contributed by atoms with E-state index in [4.69, 9.17) is 0 Å². The van der Waals surface area contributed by atoms with Crippen LogP contribution in [0.4, 0.5) is 0 Å². The summed E-state index contributed by atoms with van der Waals surface area (Å²) in [6.45, 7) is 1.02. The Morgan fingerprint density at radius 2 is 1.83 bits per heavy atom. The van der Waals surface area contributed by atoms with Gasteiger partial charge in [-0.15, -0.1) is 0 Å². The number of hydrazine groups is 1. The van der Waals surface area contributed by atoms with Crippen molar-refractivity contribution < 1.29 is 18.0 Å². The molecule has 3 fully saturated rings. The van der Waals surface area contributed by atoms with Gasteiger partial charge in [0.15, 0.2) is 0 Å². The van der Waals surface area contributed by atoms with Gasteiger partial charge in [0.2, 0.25) is 15.9 Å². The quantitative estimate of drug-likeness (QED) is 0.717. The molecule has 1 aromatic carbocycles. The molecule has 2 N–H and O–H groups in total. The maximum absolute atomic E-state index is 12.8. The topological polar surface area (TPSA) is 95.6 Å². The van der Waals surface area contributed by atoms with Crippen LogP contribution in [0.25, 0.3) is 0 Å². The fourth-order valence-corrected chi connectivity index (χ4v) is 6.73. The number of sulfonamides is 1. The van der Waals surface area contributed by atoms with Gasteiger partial charge in [-0.05, 0) is 68.1 Å². The molecule has 0 spiro atoms. The van der Waals surface area contributed by atoms with Crippen LogP contribution < -0.4 is 10.9 Å². The highest BCUT2D eigenvalue weighted by Gasteiger charge is 2.40. The molecule has 0 unspecified atom stereocenters. The molecule has 7 nitrogen and oxygen atoms in total. The molecule has 1 aromatic rings. The number of nitrogens with one attached hydrogen (secondary N) is 2. The van der Waals surface area contributed by atoms with Crippen LogP contribution in [-0.4, -0.2) is 37.6 Å². The number of nitrogens with zero attached hydrogens (tertiary/aromatic N) is 1. The molecule has 2 amide bonds. The van der Waals surface area contributed by atoms with E-state index in [1.54, 1.807) is 12.1 Å². The lowest BCUT2D eigenvalue weighted by Crippen LogP contribution is -2.42. The smallest absolute Gasteiger partial charge is 0.269 e. The van der Waals surface area contributed by atoms with Crippen LogP contribution >= 0.6 is 0 Å². The van der Waals surface area contributed by atoms with Crippen LogP contribution in [-0.2, 0) is 14.8 Å². The fourth-order valence-electron chi connectivity index (χ4n) is 5.17. The van der Waals surface area contributed by atoms with E-state index in [9.17, 15) is 18.0 Å². The number of carbonyl (C=O) groups excluding carboxylic acids is 2. The minimum Gasteiger partial charge on any atom is -0.273 e. The van der Waals surface area contributed by atoms with Gasteiger partial charge < -0.3 is 0 Å². The monoisotopic (exact) mass is 419 g/mol. The molecule has 158 valence electrons. The summed E-state index contributed by atoms with van der Waals surface area (Å²) in [5.74, 6) is 1.15. The van der Waals surface area contributed by atoms with Crippen molar-refractivity contribution in [3.63, 3.8) is 0 Å². The van der Waals surface area contributed by atoms with Gasteiger partial charge in [0, 0.05) is 25.1 Å². The lowest BCUT2D eigenvalue weighted by Gasteiger charge is -2.26. The van der Waals surface area contributed by atoms with Crippen molar-refractivity contribution in [1.82, 2.24) is 15.2 Å². The second-order valence-electron chi connectivity index (χ2n) is 8.63. The van der Waals surface area contributed by atoms with E-state index >= 15 is 0 Å². The van der Waals surface area contributed by atoms with Gasteiger partial charge in [-0.2, -0.15) is 4.31 Å².